The summed E-state index contributed by atoms with van der Waals surface area (Å²) in [5, 5.41) is 3.98. The number of nitrogens with zero attached hydrogens (tertiary/aromatic N) is 1. The highest BCUT2D eigenvalue weighted by Crippen LogP contribution is 2.35. The zero-order valence-corrected chi connectivity index (χ0v) is 18.2. The van der Waals surface area contributed by atoms with Crippen LogP contribution in [0.4, 0.5) is 0 Å². The molecule has 0 saturated carbocycles. The van der Waals surface area contributed by atoms with Crippen LogP contribution in [0.15, 0.2) is 76.3 Å². The molecule has 1 N–H and O–H groups in total. The molecule has 1 amide bonds. The van der Waals surface area contributed by atoms with Crippen LogP contribution in [0.5, 0.6) is 17.2 Å². The molecule has 0 heterocycles. The smallest absolute Gasteiger partial charge is 0.277 e. The number of methoxy groups -OCH3 is 2. The maximum absolute atomic E-state index is 12.1. The van der Waals surface area contributed by atoms with Crippen molar-refractivity contribution in [2.24, 2.45) is 5.10 Å². The molecule has 3 aromatic carbocycles. The van der Waals surface area contributed by atoms with Gasteiger partial charge in [-0.2, -0.15) is 5.10 Å². The first-order valence-electron chi connectivity index (χ1n) is 9.13. The Morgan fingerprint density at radius 1 is 1.00 bits per heavy atom. The normalized spacial score (nSPS) is 10.6. The van der Waals surface area contributed by atoms with E-state index in [0.717, 1.165) is 21.2 Å². The first-order valence-corrected chi connectivity index (χ1v) is 9.92. The lowest BCUT2D eigenvalue weighted by atomic mass is 10.1. The van der Waals surface area contributed by atoms with Crippen LogP contribution in [0.2, 0.25) is 0 Å². The fourth-order valence-electron chi connectivity index (χ4n) is 2.82. The van der Waals surface area contributed by atoms with Crippen LogP contribution in [0, 0.1) is 0 Å². The molecule has 0 fully saturated rings. The van der Waals surface area contributed by atoms with Crippen molar-refractivity contribution in [1.82, 2.24) is 5.43 Å². The molecule has 0 radical (unpaired) electrons. The highest BCUT2D eigenvalue weighted by molar-refractivity contribution is 9.10. The van der Waals surface area contributed by atoms with E-state index in [1.807, 2.05) is 60.7 Å². The van der Waals surface area contributed by atoms with E-state index in [2.05, 4.69) is 26.5 Å². The van der Waals surface area contributed by atoms with E-state index in [9.17, 15) is 4.79 Å². The van der Waals surface area contributed by atoms with Crippen LogP contribution in [-0.2, 0) is 4.79 Å². The number of nitrogens with one attached hydrogen (secondary N) is 1. The highest BCUT2D eigenvalue weighted by Gasteiger charge is 2.10. The van der Waals surface area contributed by atoms with Gasteiger partial charge in [0.1, 0.15) is 5.75 Å². The SMILES string of the molecule is COc1cc(/C=N/NC(=O)COc2ccccc2-c2ccccc2)cc(Br)c1OC. The standard InChI is InChI=1S/C23H21BrN2O4/c1-28-21-13-16(12-19(24)23(21)29-2)14-25-26-22(27)15-30-20-11-7-6-10-18(20)17-8-4-3-5-9-17/h3-14H,15H2,1-2H3,(H,26,27)/b25-14+. The third-order valence-corrected chi connectivity index (χ3v) is 4.78. The summed E-state index contributed by atoms with van der Waals surface area (Å²) < 4.78 is 17.0. The molecule has 0 unspecified atom stereocenters. The largest absolute Gasteiger partial charge is 0.493 e. The number of hydrazone groups is 1. The van der Waals surface area contributed by atoms with Crippen LogP contribution in [0.3, 0.4) is 0 Å². The Labute approximate surface area is 183 Å². The summed E-state index contributed by atoms with van der Waals surface area (Å²) in [4.78, 5) is 12.1. The van der Waals surface area contributed by atoms with Gasteiger partial charge in [-0.1, -0.05) is 48.5 Å². The number of para-hydroxylation sites is 1. The number of hydrogen-bond donors (Lipinski definition) is 1. The number of amides is 1. The molecule has 0 aliphatic carbocycles. The Kier molecular flexibility index (Phi) is 7.45. The summed E-state index contributed by atoms with van der Waals surface area (Å²) in [6.45, 7) is -0.156. The average Bonchev–Trinajstić information content (AvgIpc) is 2.78. The van der Waals surface area contributed by atoms with E-state index >= 15 is 0 Å². The number of hydrogen-bond acceptors (Lipinski definition) is 5. The zero-order valence-electron chi connectivity index (χ0n) is 16.6. The summed E-state index contributed by atoms with van der Waals surface area (Å²) in [5.41, 5.74) is 5.14. The van der Waals surface area contributed by atoms with Gasteiger partial charge in [0.25, 0.3) is 5.91 Å². The van der Waals surface area contributed by atoms with Gasteiger partial charge in [0.15, 0.2) is 18.1 Å². The van der Waals surface area contributed by atoms with Crippen molar-refractivity contribution in [3.8, 4) is 28.4 Å². The van der Waals surface area contributed by atoms with E-state index < -0.39 is 0 Å². The van der Waals surface area contributed by atoms with Crippen LogP contribution in [-0.4, -0.2) is 32.9 Å². The molecular weight excluding hydrogens is 448 g/mol. The molecule has 0 aliphatic heterocycles. The molecule has 0 saturated heterocycles. The van der Waals surface area contributed by atoms with Gasteiger partial charge in [0.2, 0.25) is 0 Å². The Hall–Kier alpha value is -3.32. The fraction of sp³-hybridized carbons (Fsp3) is 0.130. The fourth-order valence-corrected chi connectivity index (χ4v) is 3.44. The summed E-state index contributed by atoms with van der Waals surface area (Å²) in [6.07, 6.45) is 1.52. The minimum atomic E-state index is -0.367. The maximum atomic E-state index is 12.1. The molecule has 0 aromatic heterocycles. The van der Waals surface area contributed by atoms with E-state index in [1.54, 1.807) is 20.3 Å². The molecule has 0 aliphatic rings. The number of benzene rings is 3. The van der Waals surface area contributed by atoms with Crippen molar-refractivity contribution >= 4 is 28.1 Å². The minimum absolute atomic E-state index is 0.156. The average molecular weight is 469 g/mol. The molecular formula is C23H21BrN2O4. The zero-order chi connectivity index (χ0) is 21.3. The number of carbonyl (C=O) groups excluding carboxylic acids is 1. The van der Waals surface area contributed by atoms with Crippen molar-refractivity contribution in [3.05, 3.63) is 76.8 Å². The molecule has 7 heteroatoms. The van der Waals surface area contributed by atoms with Crippen molar-refractivity contribution in [1.29, 1.82) is 0 Å². The van der Waals surface area contributed by atoms with Gasteiger partial charge >= 0.3 is 0 Å². The molecule has 0 atom stereocenters. The Bertz CT molecular complexity index is 1040. The second-order valence-electron chi connectivity index (χ2n) is 6.18. The predicted octanol–water partition coefficient (Wildman–Crippen LogP) is 4.66. The second-order valence-corrected chi connectivity index (χ2v) is 7.04. The number of ether oxygens (including phenoxy) is 3. The highest BCUT2D eigenvalue weighted by atomic mass is 79.9. The lowest BCUT2D eigenvalue weighted by molar-refractivity contribution is -0.123. The van der Waals surface area contributed by atoms with Gasteiger partial charge in [-0.05, 0) is 45.3 Å². The minimum Gasteiger partial charge on any atom is -0.493 e. The topological polar surface area (TPSA) is 69.2 Å². The van der Waals surface area contributed by atoms with Gasteiger partial charge in [-0.15, -0.1) is 0 Å². The lowest BCUT2D eigenvalue weighted by Crippen LogP contribution is -2.24. The number of halogens is 1. The Morgan fingerprint density at radius 3 is 2.47 bits per heavy atom. The molecule has 0 spiro atoms. The van der Waals surface area contributed by atoms with E-state index in [-0.39, 0.29) is 12.5 Å². The third kappa shape index (κ3) is 5.39. The van der Waals surface area contributed by atoms with Gasteiger partial charge in [-0.3, -0.25) is 4.79 Å². The first-order chi connectivity index (χ1) is 14.6. The Morgan fingerprint density at radius 2 is 1.73 bits per heavy atom. The number of carbonyl (C=O) groups is 1. The number of rotatable bonds is 8. The van der Waals surface area contributed by atoms with Crippen LogP contribution >= 0.6 is 15.9 Å². The van der Waals surface area contributed by atoms with Gasteiger partial charge in [0, 0.05) is 5.56 Å². The Balaban J connectivity index is 1.61. The summed E-state index contributed by atoms with van der Waals surface area (Å²) in [7, 11) is 3.12. The maximum Gasteiger partial charge on any atom is 0.277 e. The predicted molar refractivity (Wildman–Crippen MR) is 120 cm³/mol. The van der Waals surface area contributed by atoms with Crippen LogP contribution in [0.1, 0.15) is 5.56 Å². The summed E-state index contributed by atoms with van der Waals surface area (Å²) in [5.74, 6) is 1.41. The first kappa shape index (κ1) is 21.4. The summed E-state index contributed by atoms with van der Waals surface area (Å²) >= 11 is 3.42. The second kappa shape index (κ2) is 10.5. The van der Waals surface area contributed by atoms with Crippen molar-refractivity contribution in [3.63, 3.8) is 0 Å². The van der Waals surface area contributed by atoms with Gasteiger partial charge in [0.05, 0.1) is 24.9 Å². The molecule has 30 heavy (non-hydrogen) atoms. The van der Waals surface area contributed by atoms with Crippen LogP contribution in [0.25, 0.3) is 11.1 Å². The molecule has 0 bridgehead atoms. The molecule has 6 nitrogen and oxygen atoms in total. The lowest BCUT2D eigenvalue weighted by Gasteiger charge is -2.11. The third-order valence-electron chi connectivity index (χ3n) is 4.19. The van der Waals surface area contributed by atoms with E-state index in [4.69, 9.17) is 14.2 Å². The molecule has 3 rings (SSSR count). The molecule has 154 valence electrons. The van der Waals surface area contributed by atoms with Crippen molar-refractivity contribution in [2.45, 2.75) is 0 Å². The molecule has 3 aromatic rings. The van der Waals surface area contributed by atoms with Crippen molar-refractivity contribution < 1.29 is 19.0 Å². The summed E-state index contributed by atoms with van der Waals surface area (Å²) in [6, 6.07) is 21.0. The van der Waals surface area contributed by atoms with Crippen molar-refractivity contribution in [2.75, 3.05) is 20.8 Å². The van der Waals surface area contributed by atoms with Gasteiger partial charge in [-0.25, -0.2) is 5.43 Å². The van der Waals surface area contributed by atoms with E-state index in [0.29, 0.717) is 17.2 Å². The van der Waals surface area contributed by atoms with Crippen LogP contribution < -0.4 is 19.6 Å². The van der Waals surface area contributed by atoms with Gasteiger partial charge < -0.3 is 14.2 Å². The quantitative estimate of drug-likeness (QED) is 0.385. The monoisotopic (exact) mass is 468 g/mol. The van der Waals surface area contributed by atoms with E-state index in [1.165, 1.54) is 6.21 Å².